The Morgan fingerprint density at radius 3 is 2.00 bits per heavy atom. The Balaban J connectivity index is 2.56. The Bertz CT molecular complexity index is 630. The molecule has 0 aromatic heterocycles. The monoisotopic (exact) mass is 367 g/mol. The molecule has 0 aliphatic rings. The number of esters is 2. The number of hydrogen-bond acceptors (Lipinski definition) is 7. The molecule has 1 aromatic carbocycles. The quantitative estimate of drug-likeness (QED) is 0.475. The van der Waals surface area contributed by atoms with Gasteiger partial charge < -0.3 is 25.4 Å². The maximum absolute atomic E-state index is 12.1. The molecule has 26 heavy (non-hydrogen) atoms. The van der Waals surface area contributed by atoms with E-state index in [1.165, 1.54) is 12.1 Å². The van der Waals surface area contributed by atoms with Gasteiger partial charge in [0, 0.05) is 0 Å². The number of ether oxygens (including phenoxy) is 2. The van der Waals surface area contributed by atoms with Gasteiger partial charge in [-0.1, -0.05) is 26.8 Å². The Morgan fingerprint density at radius 2 is 1.50 bits per heavy atom. The SMILES string of the molecule is CC(C)C(C)C(=O)O[C@@H](C)[C@@H](C)OC(=O)[C@@H](N)Cc1ccc(O)c(O)c1. The highest BCUT2D eigenvalue weighted by Crippen LogP contribution is 2.25. The summed E-state index contributed by atoms with van der Waals surface area (Å²) in [5.74, 6) is -1.59. The number of carbonyl (C=O) groups excluding carboxylic acids is 2. The second-order valence-electron chi connectivity index (χ2n) is 6.95. The molecule has 0 amide bonds. The Kier molecular flexibility index (Phi) is 7.89. The number of phenols is 2. The van der Waals surface area contributed by atoms with Crippen LogP contribution in [0.1, 0.15) is 40.2 Å². The summed E-state index contributed by atoms with van der Waals surface area (Å²) in [6.07, 6.45) is -1.11. The highest BCUT2D eigenvalue weighted by molar-refractivity contribution is 5.76. The first kappa shape index (κ1) is 21.8. The molecule has 1 rings (SSSR count). The van der Waals surface area contributed by atoms with Crippen LogP contribution in [0.4, 0.5) is 0 Å². The predicted octanol–water partition coefficient (Wildman–Crippen LogP) is 2.12. The second kappa shape index (κ2) is 9.43. The number of aromatic hydroxyl groups is 2. The number of rotatable bonds is 8. The average molecular weight is 367 g/mol. The molecule has 0 spiro atoms. The van der Waals surface area contributed by atoms with Gasteiger partial charge in [0.1, 0.15) is 18.2 Å². The highest BCUT2D eigenvalue weighted by atomic mass is 16.6. The van der Waals surface area contributed by atoms with Gasteiger partial charge in [-0.15, -0.1) is 0 Å². The molecule has 0 aliphatic heterocycles. The normalized spacial score (nSPS) is 15.8. The smallest absolute Gasteiger partial charge is 0.323 e. The third kappa shape index (κ3) is 6.22. The zero-order chi connectivity index (χ0) is 20.0. The van der Waals surface area contributed by atoms with Gasteiger partial charge in [-0.2, -0.15) is 0 Å². The molecule has 4 atom stereocenters. The van der Waals surface area contributed by atoms with Crippen molar-refractivity contribution in [1.29, 1.82) is 0 Å². The van der Waals surface area contributed by atoms with Gasteiger partial charge in [-0.05, 0) is 43.9 Å². The van der Waals surface area contributed by atoms with E-state index in [-0.39, 0.29) is 35.7 Å². The van der Waals surface area contributed by atoms with Crippen molar-refractivity contribution < 1.29 is 29.3 Å². The van der Waals surface area contributed by atoms with Gasteiger partial charge in [0.25, 0.3) is 0 Å². The summed E-state index contributed by atoms with van der Waals surface area (Å²) in [7, 11) is 0. The van der Waals surface area contributed by atoms with Gasteiger partial charge in [-0.25, -0.2) is 0 Å². The van der Waals surface area contributed by atoms with Crippen molar-refractivity contribution >= 4 is 11.9 Å². The first-order chi connectivity index (χ1) is 12.0. The molecule has 1 aromatic rings. The minimum Gasteiger partial charge on any atom is -0.504 e. The van der Waals surface area contributed by atoms with Crippen LogP contribution in [-0.2, 0) is 25.5 Å². The molecule has 0 saturated carbocycles. The van der Waals surface area contributed by atoms with Crippen LogP contribution < -0.4 is 5.73 Å². The fraction of sp³-hybridized carbons (Fsp3) is 0.579. The zero-order valence-electron chi connectivity index (χ0n) is 15.9. The molecular formula is C19H29NO6. The van der Waals surface area contributed by atoms with Crippen LogP contribution in [0.15, 0.2) is 18.2 Å². The minimum atomic E-state index is -0.945. The largest absolute Gasteiger partial charge is 0.504 e. The summed E-state index contributed by atoms with van der Waals surface area (Å²) in [6.45, 7) is 8.95. The van der Waals surface area contributed by atoms with Crippen LogP contribution >= 0.6 is 0 Å². The van der Waals surface area contributed by atoms with Crippen molar-refractivity contribution in [2.45, 2.75) is 59.3 Å². The van der Waals surface area contributed by atoms with Crippen molar-refractivity contribution in [3.8, 4) is 11.5 Å². The molecule has 7 nitrogen and oxygen atoms in total. The Labute approximate surface area is 154 Å². The van der Waals surface area contributed by atoms with Crippen LogP contribution in [0.25, 0.3) is 0 Å². The van der Waals surface area contributed by atoms with E-state index in [0.717, 1.165) is 0 Å². The Morgan fingerprint density at radius 1 is 0.962 bits per heavy atom. The predicted molar refractivity (Wildman–Crippen MR) is 96.6 cm³/mol. The van der Waals surface area contributed by atoms with Crippen molar-refractivity contribution in [2.75, 3.05) is 0 Å². The second-order valence-corrected chi connectivity index (χ2v) is 6.95. The van der Waals surface area contributed by atoms with Gasteiger partial charge in [-0.3, -0.25) is 9.59 Å². The molecule has 0 aliphatic carbocycles. The molecule has 4 N–H and O–H groups in total. The molecule has 0 heterocycles. The topological polar surface area (TPSA) is 119 Å². The number of phenolic OH excluding ortho intramolecular Hbond substituents is 2. The van der Waals surface area contributed by atoms with E-state index in [4.69, 9.17) is 15.2 Å². The van der Waals surface area contributed by atoms with Crippen LogP contribution in [0.2, 0.25) is 0 Å². The lowest BCUT2D eigenvalue weighted by Crippen LogP contribution is -2.40. The van der Waals surface area contributed by atoms with Gasteiger partial charge in [0.05, 0.1) is 5.92 Å². The van der Waals surface area contributed by atoms with Crippen LogP contribution in [0.3, 0.4) is 0 Å². The summed E-state index contributed by atoms with van der Waals surface area (Å²) in [5, 5.41) is 18.8. The van der Waals surface area contributed by atoms with Gasteiger partial charge in [0.2, 0.25) is 0 Å². The maximum Gasteiger partial charge on any atom is 0.323 e. The van der Waals surface area contributed by atoms with E-state index in [1.54, 1.807) is 26.8 Å². The molecule has 7 heteroatoms. The lowest BCUT2D eigenvalue weighted by molar-refractivity contribution is -0.169. The molecule has 0 saturated heterocycles. The van der Waals surface area contributed by atoms with Crippen LogP contribution in [0.5, 0.6) is 11.5 Å². The van der Waals surface area contributed by atoms with E-state index < -0.39 is 24.2 Å². The number of carbonyl (C=O) groups is 2. The molecule has 146 valence electrons. The van der Waals surface area contributed by atoms with Crippen LogP contribution in [-0.4, -0.2) is 40.4 Å². The third-order valence-electron chi connectivity index (χ3n) is 4.44. The Hall–Kier alpha value is -2.28. The number of nitrogens with two attached hydrogens (primary N) is 1. The van der Waals surface area contributed by atoms with Crippen molar-refractivity contribution in [2.24, 2.45) is 17.6 Å². The lowest BCUT2D eigenvalue weighted by atomic mass is 9.98. The minimum absolute atomic E-state index is 0.137. The molecule has 0 fully saturated rings. The van der Waals surface area contributed by atoms with Gasteiger partial charge >= 0.3 is 11.9 Å². The van der Waals surface area contributed by atoms with Crippen molar-refractivity contribution in [3.63, 3.8) is 0 Å². The molecule has 0 bridgehead atoms. The molecule has 1 unspecified atom stereocenters. The van der Waals surface area contributed by atoms with E-state index >= 15 is 0 Å². The number of hydrogen-bond donors (Lipinski definition) is 3. The maximum atomic E-state index is 12.1. The van der Waals surface area contributed by atoms with Crippen molar-refractivity contribution in [1.82, 2.24) is 0 Å². The summed E-state index contributed by atoms with van der Waals surface area (Å²) >= 11 is 0. The summed E-state index contributed by atoms with van der Waals surface area (Å²) in [6, 6.07) is 3.27. The number of benzene rings is 1. The summed E-state index contributed by atoms with van der Waals surface area (Å²) < 4.78 is 10.6. The fourth-order valence-electron chi connectivity index (χ4n) is 2.06. The molecule has 0 radical (unpaired) electrons. The average Bonchev–Trinajstić information content (AvgIpc) is 2.56. The van der Waals surface area contributed by atoms with E-state index in [2.05, 4.69) is 0 Å². The summed E-state index contributed by atoms with van der Waals surface area (Å²) in [5.41, 5.74) is 6.43. The zero-order valence-corrected chi connectivity index (χ0v) is 15.9. The molecular weight excluding hydrogens is 338 g/mol. The fourth-order valence-corrected chi connectivity index (χ4v) is 2.06. The van der Waals surface area contributed by atoms with Crippen LogP contribution in [0, 0.1) is 11.8 Å². The first-order valence-corrected chi connectivity index (χ1v) is 8.70. The lowest BCUT2D eigenvalue weighted by Gasteiger charge is -2.24. The van der Waals surface area contributed by atoms with E-state index in [0.29, 0.717) is 5.56 Å². The third-order valence-corrected chi connectivity index (χ3v) is 4.44. The van der Waals surface area contributed by atoms with E-state index in [9.17, 15) is 19.8 Å². The van der Waals surface area contributed by atoms with Crippen molar-refractivity contribution in [3.05, 3.63) is 23.8 Å². The van der Waals surface area contributed by atoms with Gasteiger partial charge in [0.15, 0.2) is 11.5 Å². The summed E-state index contributed by atoms with van der Waals surface area (Å²) in [4.78, 5) is 24.1. The first-order valence-electron chi connectivity index (χ1n) is 8.70. The van der Waals surface area contributed by atoms with E-state index in [1.807, 2.05) is 13.8 Å². The highest BCUT2D eigenvalue weighted by Gasteiger charge is 2.26. The standard InChI is InChI=1S/C19H29NO6/c1-10(2)11(3)18(23)25-12(4)13(5)26-19(24)15(20)8-14-6-7-16(21)17(22)9-14/h6-7,9-13,15,21-22H,8,20H2,1-5H3/t11?,12-,13+,15-/m0/s1.